The van der Waals surface area contributed by atoms with E-state index >= 15 is 0 Å². The van der Waals surface area contributed by atoms with E-state index in [2.05, 4.69) is 10.5 Å². The largest absolute Gasteiger partial charge is 0.422 e. The van der Waals surface area contributed by atoms with Crippen molar-refractivity contribution in [2.45, 2.75) is 6.92 Å². The van der Waals surface area contributed by atoms with Gasteiger partial charge in [0, 0.05) is 23.3 Å². The van der Waals surface area contributed by atoms with Gasteiger partial charge in [0.05, 0.1) is 16.7 Å². The molecule has 168 valence electrons. The summed E-state index contributed by atoms with van der Waals surface area (Å²) in [7, 11) is 0. The molecule has 4 aromatic rings. The monoisotopic (exact) mass is 453 g/mol. The number of ether oxygens (including phenoxy) is 1. The van der Waals surface area contributed by atoms with Crippen LogP contribution in [0.5, 0.6) is 5.75 Å². The number of nitrogens with one attached hydrogen (secondary N) is 1. The number of carbonyl (C=O) groups is 2. The molecule has 0 saturated heterocycles. The third-order valence-electron chi connectivity index (χ3n) is 5.12. The van der Waals surface area contributed by atoms with Gasteiger partial charge in [-0.2, -0.15) is 5.10 Å². The summed E-state index contributed by atoms with van der Waals surface area (Å²) >= 11 is 0. The van der Waals surface area contributed by atoms with Crippen molar-refractivity contribution in [2.24, 2.45) is 5.10 Å². The Morgan fingerprint density at radius 3 is 2.29 bits per heavy atom. The van der Waals surface area contributed by atoms with Crippen molar-refractivity contribution in [1.82, 2.24) is 5.43 Å². The van der Waals surface area contributed by atoms with Crippen LogP contribution in [-0.4, -0.2) is 23.0 Å². The molecule has 0 aliphatic carbocycles. The summed E-state index contributed by atoms with van der Waals surface area (Å²) in [4.78, 5) is 35.3. The number of nitro benzene ring substituents is 1. The summed E-state index contributed by atoms with van der Waals surface area (Å²) in [5.41, 5.74) is 4.45. The average molecular weight is 453 g/mol. The number of aryl methyl sites for hydroxylation is 1. The highest BCUT2D eigenvalue weighted by Gasteiger charge is 2.14. The maximum atomic E-state index is 12.7. The highest BCUT2D eigenvalue weighted by molar-refractivity contribution is 6.04. The van der Waals surface area contributed by atoms with Crippen LogP contribution in [0.2, 0.25) is 0 Å². The maximum Gasteiger partial charge on any atom is 0.343 e. The molecule has 0 radical (unpaired) electrons. The molecule has 0 heterocycles. The molecule has 0 fully saturated rings. The van der Waals surface area contributed by atoms with Crippen molar-refractivity contribution in [3.05, 3.63) is 117 Å². The summed E-state index contributed by atoms with van der Waals surface area (Å²) in [5.74, 6) is -0.762. The van der Waals surface area contributed by atoms with Gasteiger partial charge in [-0.15, -0.1) is 0 Å². The lowest BCUT2D eigenvalue weighted by Crippen LogP contribution is -2.17. The third-order valence-corrected chi connectivity index (χ3v) is 5.12. The highest BCUT2D eigenvalue weighted by Crippen LogP contribution is 2.27. The molecule has 0 bridgehead atoms. The van der Waals surface area contributed by atoms with Gasteiger partial charge in [-0.1, -0.05) is 48.0 Å². The Kier molecular flexibility index (Phi) is 6.40. The van der Waals surface area contributed by atoms with E-state index in [1.165, 1.54) is 30.5 Å². The van der Waals surface area contributed by atoms with E-state index in [9.17, 15) is 19.7 Å². The molecule has 1 amide bonds. The summed E-state index contributed by atoms with van der Waals surface area (Å²) in [5, 5.41) is 16.5. The van der Waals surface area contributed by atoms with Crippen LogP contribution in [-0.2, 0) is 0 Å². The SMILES string of the molecule is Cc1ccc(C(=O)Oc2ccc3ccccc3c2/C=N/NC(=O)c2ccc([N+](=O)[O-])cc2)cc1. The van der Waals surface area contributed by atoms with Crippen LogP contribution in [0.3, 0.4) is 0 Å². The van der Waals surface area contributed by atoms with Crippen molar-refractivity contribution in [3.63, 3.8) is 0 Å². The Bertz CT molecular complexity index is 1410. The number of amides is 1. The Balaban J connectivity index is 1.59. The van der Waals surface area contributed by atoms with Crippen LogP contribution < -0.4 is 10.2 Å². The maximum absolute atomic E-state index is 12.7. The van der Waals surface area contributed by atoms with Gasteiger partial charge in [-0.3, -0.25) is 14.9 Å². The minimum absolute atomic E-state index is 0.115. The standard InChI is InChI=1S/C26H19N3O5/c1-17-6-8-20(9-7-17)26(31)34-24-15-12-18-4-2-3-5-22(18)23(24)16-27-28-25(30)19-10-13-21(14-11-19)29(32)33/h2-16H,1H3,(H,28,30)/b27-16+. The highest BCUT2D eigenvalue weighted by atomic mass is 16.6. The second-order valence-electron chi connectivity index (χ2n) is 7.46. The summed E-state index contributed by atoms with van der Waals surface area (Å²) < 4.78 is 5.65. The van der Waals surface area contributed by atoms with Gasteiger partial charge >= 0.3 is 5.97 Å². The molecule has 8 heteroatoms. The van der Waals surface area contributed by atoms with Crippen LogP contribution in [0.1, 0.15) is 31.8 Å². The first-order valence-electron chi connectivity index (χ1n) is 10.3. The number of hydrogen-bond acceptors (Lipinski definition) is 6. The number of hydrazone groups is 1. The zero-order chi connectivity index (χ0) is 24.1. The Labute approximate surface area is 194 Å². The zero-order valence-electron chi connectivity index (χ0n) is 18.1. The van der Waals surface area contributed by atoms with Crippen LogP contribution in [0.15, 0.2) is 90.0 Å². The number of hydrogen-bond donors (Lipinski definition) is 1. The van der Waals surface area contributed by atoms with E-state index in [1.54, 1.807) is 18.2 Å². The van der Waals surface area contributed by atoms with Crippen LogP contribution >= 0.6 is 0 Å². The summed E-state index contributed by atoms with van der Waals surface area (Å²) in [6.07, 6.45) is 1.41. The second kappa shape index (κ2) is 9.74. The van der Waals surface area contributed by atoms with E-state index in [0.717, 1.165) is 16.3 Å². The average Bonchev–Trinajstić information content (AvgIpc) is 2.85. The van der Waals surface area contributed by atoms with Crippen molar-refractivity contribution >= 4 is 34.6 Å². The predicted molar refractivity (Wildman–Crippen MR) is 128 cm³/mol. The minimum atomic E-state index is -0.542. The number of rotatable bonds is 6. The fraction of sp³-hybridized carbons (Fsp3) is 0.0385. The fourth-order valence-electron chi connectivity index (χ4n) is 3.30. The van der Waals surface area contributed by atoms with E-state index in [4.69, 9.17) is 4.74 Å². The number of benzene rings is 4. The number of non-ortho nitro benzene ring substituents is 1. The van der Waals surface area contributed by atoms with Crippen molar-refractivity contribution < 1.29 is 19.2 Å². The van der Waals surface area contributed by atoms with Gasteiger partial charge < -0.3 is 4.74 Å². The van der Waals surface area contributed by atoms with E-state index in [1.807, 2.05) is 49.4 Å². The Morgan fingerprint density at radius 1 is 0.912 bits per heavy atom. The molecule has 0 spiro atoms. The molecule has 0 saturated carbocycles. The van der Waals surface area contributed by atoms with Crippen molar-refractivity contribution in [1.29, 1.82) is 0 Å². The first-order chi connectivity index (χ1) is 16.4. The zero-order valence-corrected chi connectivity index (χ0v) is 18.1. The third kappa shape index (κ3) is 4.97. The Hall–Kier alpha value is -4.85. The lowest BCUT2D eigenvalue weighted by molar-refractivity contribution is -0.384. The summed E-state index contributed by atoms with van der Waals surface area (Å²) in [6, 6.07) is 23.2. The molecule has 1 N–H and O–H groups in total. The van der Waals surface area contributed by atoms with Gasteiger partial charge in [-0.05, 0) is 48.0 Å². The molecule has 0 aromatic heterocycles. The smallest absolute Gasteiger partial charge is 0.343 e. The molecule has 4 rings (SSSR count). The molecule has 34 heavy (non-hydrogen) atoms. The van der Waals surface area contributed by atoms with Gasteiger partial charge in [0.25, 0.3) is 11.6 Å². The lowest BCUT2D eigenvalue weighted by Gasteiger charge is -2.11. The molecular formula is C26H19N3O5. The minimum Gasteiger partial charge on any atom is -0.422 e. The van der Waals surface area contributed by atoms with Gasteiger partial charge in [-0.25, -0.2) is 10.2 Å². The van der Waals surface area contributed by atoms with Gasteiger partial charge in [0.15, 0.2) is 0 Å². The number of fused-ring (bicyclic) bond motifs is 1. The fourth-order valence-corrected chi connectivity index (χ4v) is 3.30. The molecule has 0 aliphatic rings. The second-order valence-corrected chi connectivity index (χ2v) is 7.46. The van der Waals surface area contributed by atoms with Crippen LogP contribution in [0.4, 0.5) is 5.69 Å². The lowest BCUT2D eigenvalue weighted by atomic mass is 10.0. The first kappa shape index (κ1) is 22.3. The van der Waals surface area contributed by atoms with Gasteiger partial charge in [0.1, 0.15) is 5.75 Å². The number of nitro groups is 1. The van der Waals surface area contributed by atoms with E-state index in [-0.39, 0.29) is 17.0 Å². The van der Waals surface area contributed by atoms with Crippen LogP contribution in [0.25, 0.3) is 10.8 Å². The molecule has 0 aliphatic heterocycles. The normalized spacial score (nSPS) is 10.9. The molecule has 0 atom stereocenters. The topological polar surface area (TPSA) is 111 Å². The first-order valence-corrected chi connectivity index (χ1v) is 10.3. The van der Waals surface area contributed by atoms with Crippen molar-refractivity contribution in [3.8, 4) is 5.75 Å². The molecule has 4 aromatic carbocycles. The number of nitrogens with zero attached hydrogens (tertiary/aromatic N) is 2. The van der Waals surface area contributed by atoms with E-state index in [0.29, 0.717) is 11.1 Å². The Morgan fingerprint density at radius 2 is 1.59 bits per heavy atom. The molecule has 8 nitrogen and oxygen atoms in total. The van der Waals surface area contributed by atoms with Crippen molar-refractivity contribution in [2.75, 3.05) is 0 Å². The summed E-state index contributed by atoms with van der Waals surface area (Å²) in [6.45, 7) is 1.93. The van der Waals surface area contributed by atoms with E-state index < -0.39 is 16.8 Å². The van der Waals surface area contributed by atoms with Gasteiger partial charge in [0.2, 0.25) is 0 Å². The predicted octanol–water partition coefficient (Wildman–Crippen LogP) is 5.04. The van der Waals surface area contributed by atoms with Crippen LogP contribution in [0, 0.1) is 17.0 Å². The molecular weight excluding hydrogens is 434 g/mol. The quantitative estimate of drug-likeness (QED) is 0.145. The molecule has 0 unspecified atom stereocenters. The number of carbonyl (C=O) groups excluding carboxylic acids is 2. The number of esters is 1.